The van der Waals surface area contributed by atoms with Gasteiger partial charge in [-0.05, 0) is 6.42 Å². The Morgan fingerprint density at radius 3 is 3.08 bits per heavy atom. The molecule has 0 saturated heterocycles. The maximum atomic E-state index is 8.64. The average molecular weight is 201 g/mol. The van der Waals surface area contributed by atoms with Crippen LogP contribution in [0.1, 0.15) is 6.42 Å². The lowest BCUT2D eigenvalue weighted by atomic mass is 10.3. The lowest BCUT2D eigenvalue weighted by Gasteiger charge is -2.08. The first-order valence-electron chi connectivity index (χ1n) is 4.20. The fourth-order valence-corrected chi connectivity index (χ4v) is 1.85. The molecule has 1 aromatic heterocycles. The summed E-state index contributed by atoms with van der Waals surface area (Å²) in [7, 11) is 1.95. The van der Waals surface area contributed by atoms with Gasteiger partial charge < -0.3 is 15.4 Å². The highest BCUT2D eigenvalue weighted by Crippen LogP contribution is 2.15. The molecular formula is C8H15N3OS. The van der Waals surface area contributed by atoms with Crippen LogP contribution >= 0.6 is 11.8 Å². The van der Waals surface area contributed by atoms with Crippen molar-refractivity contribution in [1.82, 2.24) is 9.55 Å². The quantitative estimate of drug-likeness (QED) is 0.669. The van der Waals surface area contributed by atoms with Crippen molar-refractivity contribution in [3.05, 3.63) is 12.4 Å². The number of hydrogen-bond donors (Lipinski definition) is 2. The summed E-state index contributed by atoms with van der Waals surface area (Å²) in [6.45, 7) is 0.155. The molecule has 0 amide bonds. The summed E-state index contributed by atoms with van der Waals surface area (Å²) in [5.74, 6) is 0.797. The van der Waals surface area contributed by atoms with Crippen LogP contribution in [0.15, 0.2) is 17.6 Å². The third kappa shape index (κ3) is 3.38. The predicted octanol–water partition coefficient (Wildman–Crippen LogP) is 0.222. The van der Waals surface area contributed by atoms with Crippen molar-refractivity contribution >= 4 is 11.8 Å². The zero-order valence-corrected chi connectivity index (χ0v) is 8.50. The highest BCUT2D eigenvalue weighted by Gasteiger charge is 2.05. The van der Waals surface area contributed by atoms with Crippen molar-refractivity contribution in [3.63, 3.8) is 0 Å². The molecule has 0 aliphatic carbocycles. The lowest BCUT2D eigenvalue weighted by molar-refractivity contribution is 0.279. The van der Waals surface area contributed by atoms with Gasteiger partial charge >= 0.3 is 0 Å². The topological polar surface area (TPSA) is 64.1 Å². The van der Waals surface area contributed by atoms with Crippen LogP contribution in [-0.4, -0.2) is 33.1 Å². The van der Waals surface area contributed by atoms with E-state index in [-0.39, 0.29) is 12.6 Å². The monoisotopic (exact) mass is 201 g/mol. The van der Waals surface area contributed by atoms with Gasteiger partial charge in [0.25, 0.3) is 0 Å². The van der Waals surface area contributed by atoms with E-state index >= 15 is 0 Å². The fourth-order valence-electron chi connectivity index (χ4n) is 0.922. The SMILES string of the molecule is Cn1ccnc1SCC(N)CCO. The van der Waals surface area contributed by atoms with E-state index in [0.717, 1.165) is 10.9 Å². The predicted molar refractivity (Wildman–Crippen MR) is 53.6 cm³/mol. The molecule has 0 saturated carbocycles. The van der Waals surface area contributed by atoms with Crippen molar-refractivity contribution in [2.75, 3.05) is 12.4 Å². The highest BCUT2D eigenvalue weighted by molar-refractivity contribution is 7.99. The molecule has 0 bridgehead atoms. The second kappa shape index (κ2) is 5.26. The molecule has 3 N–H and O–H groups in total. The third-order valence-corrected chi connectivity index (χ3v) is 2.95. The standard InChI is InChI=1S/C8H15N3OS/c1-11-4-3-10-8(11)13-6-7(9)2-5-12/h3-4,7,12H,2,5-6,9H2,1H3. The molecule has 74 valence electrons. The van der Waals surface area contributed by atoms with E-state index in [1.165, 1.54) is 0 Å². The molecular weight excluding hydrogens is 186 g/mol. The van der Waals surface area contributed by atoms with Crippen LogP contribution in [0.2, 0.25) is 0 Å². The van der Waals surface area contributed by atoms with Gasteiger partial charge in [-0.15, -0.1) is 0 Å². The first kappa shape index (κ1) is 10.6. The first-order valence-corrected chi connectivity index (χ1v) is 5.19. The molecule has 1 aromatic rings. The van der Waals surface area contributed by atoms with Gasteiger partial charge in [-0.1, -0.05) is 11.8 Å². The van der Waals surface area contributed by atoms with Gasteiger partial charge in [-0.25, -0.2) is 4.98 Å². The van der Waals surface area contributed by atoms with E-state index in [0.29, 0.717) is 6.42 Å². The molecule has 0 aliphatic rings. The number of aliphatic hydroxyl groups is 1. The lowest BCUT2D eigenvalue weighted by Crippen LogP contribution is -2.24. The zero-order chi connectivity index (χ0) is 9.68. The van der Waals surface area contributed by atoms with Gasteiger partial charge in [0, 0.05) is 37.8 Å². The molecule has 1 unspecified atom stereocenters. The van der Waals surface area contributed by atoms with Crippen LogP contribution in [0.25, 0.3) is 0 Å². The molecule has 1 heterocycles. The zero-order valence-electron chi connectivity index (χ0n) is 7.68. The second-order valence-electron chi connectivity index (χ2n) is 2.90. The van der Waals surface area contributed by atoms with Crippen LogP contribution < -0.4 is 5.73 Å². The highest BCUT2D eigenvalue weighted by atomic mass is 32.2. The maximum absolute atomic E-state index is 8.64. The first-order chi connectivity index (χ1) is 6.24. The van der Waals surface area contributed by atoms with Crippen LogP contribution in [0.4, 0.5) is 0 Å². The Labute approximate surface area is 82.2 Å². The van der Waals surface area contributed by atoms with Crippen molar-refractivity contribution in [2.45, 2.75) is 17.6 Å². The number of thioether (sulfide) groups is 1. The van der Waals surface area contributed by atoms with Crippen LogP contribution in [-0.2, 0) is 7.05 Å². The molecule has 5 heteroatoms. The molecule has 0 spiro atoms. The molecule has 13 heavy (non-hydrogen) atoms. The Kier molecular flexibility index (Phi) is 4.27. The number of aromatic nitrogens is 2. The van der Waals surface area contributed by atoms with Gasteiger partial charge in [0.2, 0.25) is 0 Å². The minimum Gasteiger partial charge on any atom is -0.396 e. The number of aliphatic hydroxyl groups excluding tert-OH is 1. The number of rotatable bonds is 5. The van der Waals surface area contributed by atoms with E-state index in [1.54, 1.807) is 18.0 Å². The van der Waals surface area contributed by atoms with Gasteiger partial charge in [0.15, 0.2) is 5.16 Å². The average Bonchev–Trinajstić information content (AvgIpc) is 2.48. The summed E-state index contributed by atoms with van der Waals surface area (Å²) >= 11 is 1.62. The summed E-state index contributed by atoms with van der Waals surface area (Å²) in [4.78, 5) is 4.16. The maximum Gasteiger partial charge on any atom is 0.167 e. The largest absolute Gasteiger partial charge is 0.396 e. The van der Waals surface area contributed by atoms with E-state index in [4.69, 9.17) is 10.8 Å². The molecule has 1 atom stereocenters. The number of imidazole rings is 1. The Hall–Kier alpha value is -0.520. The van der Waals surface area contributed by atoms with Crippen molar-refractivity contribution in [3.8, 4) is 0 Å². The van der Waals surface area contributed by atoms with Gasteiger partial charge in [-0.3, -0.25) is 0 Å². The molecule has 0 fully saturated rings. The van der Waals surface area contributed by atoms with E-state index < -0.39 is 0 Å². The fraction of sp³-hybridized carbons (Fsp3) is 0.625. The summed E-state index contributed by atoms with van der Waals surface area (Å²) in [6, 6.07) is 0.0479. The normalized spacial score (nSPS) is 13.2. The Morgan fingerprint density at radius 2 is 2.54 bits per heavy atom. The number of aryl methyl sites for hydroxylation is 1. The Bertz CT molecular complexity index is 251. The molecule has 0 aromatic carbocycles. The van der Waals surface area contributed by atoms with Crippen LogP contribution in [0.3, 0.4) is 0 Å². The molecule has 4 nitrogen and oxygen atoms in total. The van der Waals surface area contributed by atoms with E-state index in [1.807, 2.05) is 17.8 Å². The minimum atomic E-state index is 0.0479. The molecule has 0 aliphatic heterocycles. The summed E-state index contributed by atoms with van der Waals surface area (Å²) < 4.78 is 1.95. The van der Waals surface area contributed by atoms with Crippen molar-refractivity contribution < 1.29 is 5.11 Å². The summed E-state index contributed by atoms with van der Waals surface area (Å²) in [5.41, 5.74) is 5.73. The van der Waals surface area contributed by atoms with Gasteiger partial charge in [0.1, 0.15) is 0 Å². The Balaban J connectivity index is 2.30. The Morgan fingerprint density at radius 1 is 1.77 bits per heavy atom. The summed E-state index contributed by atoms with van der Waals surface area (Å²) in [6.07, 6.45) is 4.32. The van der Waals surface area contributed by atoms with Gasteiger partial charge in [-0.2, -0.15) is 0 Å². The smallest absolute Gasteiger partial charge is 0.167 e. The van der Waals surface area contributed by atoms with Crippen LogP contribution in [0, 0.1) is 0 Å². The number of nitrogens with zero attached hydrogens (tertiary/aromatic N) is 2. The third-order valence-electron chi connectivity index (χ3n) is 1.70. The van der Waals surface area contributed by atoms with E-state index in [2.05, 4.69) is 4.98 Å². The van der Waals surface area contributed by atoms with Crippen LogP contribution in [0.5, 0.6) is 0 Å². The van der Waals surface area contributed by atoms with E-state index in [9.17, 15) is 0 Å². The van der Waals surface area contributed by atoms with Gasteiger partial charge in [0.05, 0.1) is 0 Å². The van der Waals surface area contributed by atoms with Crippen molar-refractivity contribution in [1.29, 1.82) is 0 Å². The van der Waals surface area contributed by atoms with Crippen molar-refractivity contribution in [2.24, 2.45) is 12.8 Å². The second-order valence-corrected chi connectivity index (χ2v) is 3.89. The molecule has 1 rings (SSSR count). The molecule has 0 radical (unpaired) electrons. The number of nitrogens with two attached hydrogens (primary N) is 1. The summed E-state index contributed by atoms with van der Waals surface area (Å²) in [5, 5.41) is 9.60. The number of hydrogen-bond acceptors (Lipinski definition) is 4. The minimum absolute atomic E-state index is 0.0479.